The van der Waals surface area contributed by atoms with Crippen LogP contribution in [0, 0.1) is 13.8 Å². The Morgan fingerprint density at radius 2 is 1.95 bits per heavy atom. The van der Waals surface area contributed by atoms with Crippen LogP contribution in [0.4, 0.5) is 0 Å². The number of aryl methyl sites for hydroxylation is 2. The van der Waals surface area contributed by atoms with Crippen molar-refractivity contribution < 1.29 is 0 Å². The van der Waals surface area contributed by atoms with Gasteiger partial charge in [-0.15, -0.1) is 11.3 Å². The minimum Gasteiger partial charge on any atom is -0.306 e. The Bertz CT molecular complexity index is 547. The number of hydrogen-bond donors (Lipinski definition) is 1. The Kier molecular flexibility index (Phi) is 5.20. The number of rotatable bonds is 5. The second-order valence-corrected chi connectivity index (χ2v) is 7.37. The fourth-order valence-corrected chi connectivity index (χ4v) is 3.63. The fourth-order valence-electron chi connectivity index (χ4n) is 2.10. The summed E-state index contributed by atoms with van der Waals surface area (Å²) in [6.07, 6.45) is 1.15. The highest BCUT2D eigenvalue weighted by Crippen LogP contribution is 2.32. The lowest BCUT2D eigenvalue weighted by Crippen LogP contribution is -2.22. The van der Waals surface area contributed by atoms with Gasteiger partial charge in [-0.1, -0.05) is 25.1 Å². The first-order valence-electron chi connectivity index (χ1n) is 6.67. The second-order valence-electron chi connectivity index (χ2n) is 4.87. The molecule has 1 atom stereocenters. The maximum absolute atomic E-state index is 3.65. The molecule has 0 saturated carbocycles. The molecule has 0 saturated heterocycles. The normalized spacial score (nSPS) is 12.6. The first-order valence-corrected chi connectivity index (χ1v) is 8.28. The summed E-state index contributed by atoms with van der Waals surface area (Å²) in [5.74, 6) is 0. The van der Waals surface area contributed by atoms with Gasteiger partial charge in [0.2, 0.25) is 0 Å². The largest absolute Gasteiger partial charge is 0.306 e. The van der Waals surface area contributed by atoms with Crippen molar-refractivity contribution in [2.75, 3.05) is 6.54 Å². The zero-order valence-electron chi connectivity index (χ0n) is 11.7. The van der Waals surface area contributed by atoms with E-state index >= 15 is 0 Å². The van der Waals surface area contributed by atoms with Crippen molar-refractivity contribution >= 4 is 27.3 Å². The molecule has 3 heteroatoms. The predicted molar refractivity (Wildman–Crippen MR) is 88.1 cm³/mol. The second kappa shape index (κ2) is 6.69. The lowest BCUT2D eigenvalue weighted by atomic mass is 10.00. The SMILES string of the molecule is CCCNC(c1ccc(C)c(C)c1)c1ccc(Br)s1. The third-order valence-corrected chi connectivity index (χ3v) is 5.03. The molecule has 1 nitrogen and oxygen atoms in total. The van der Waals surface area contributed by atoms with Crippen molar-refractivity contribution in [3.05, 3.63) is 55.7 Å². The van der Waals surface area contributed by atoms with E-state index in [0.717, 1.165) is 13.0 Å². The summed E-state index contributed by atoms with van der Waals surface area (Å²) in [5.41, 5.74) is 4.06. The summed E-state index contributed by atoms with van der Waals surface area (Å²) >= 11 is 5.36. The average molecular weight is 338 g/mol. The third kappa shape index (κ3) is 3.68. The molecule has 2 rings (SSSR count). The van der Waals surface area contributed by atoms with Crippen LogP contribution in [0.5, 0.6) is 0 Å². The molecular weight excluding hydrogens is 318 g/mol. The number of benzene rings is 1. The smallest absolute Gasteiger partial charge is 0.0702 e. The number of hydrogen-bond acceptors (Lipinski definition) is 2. The van der Waals surface area contributed by atoms with Gasteiger partial charge in [0.25, 0.3) is 0 Å². The van der Waals surface area contributed by atoms with E-state index in [2.05, 4.69) is 72.3 Å². The summed E-state index contributed by atoms with van der Waals surface area (Å²) in [6, 6.07) is 11.4. The molecule has 0 spiro atoms. The quantitative estimate of drug-likeness (QED) is 0.788. The summed E-state index contributed by atoms with van der Waals surface area (Å²) < 4.78 is 1.19. The topological polar surface area (TPSA) is 12.0 Å². The van der Waals surface area contributed by atoms with Gasteiger partial charge in [-0.2, -0.15) is 0 Å². The third-order valence-electron chi connectivity index (χ3n) is 3.34. The number of thiophene rings is 1. The predicted octanol–water partition coefficient (Wildman–Crippen LogP) is 5.22. The lowest BCUT2D eigenvalue weighted by Gasteiger charge is -2.18. The Labute approximate surface area is 128 Å². The van der Waals surface area contributed by atoms with E-state index in [0.29, 0.717) is 6.04 Å². The summed E-state index contributed by atoms with van der Waals surface area (Å²) in [4.78, 5) is 1.36. The van der Waals surface area contributed by atoms with Gasteiger partial charge in [0, 0.05) is 4.88 Å². The lowest BCUT2D eigenvalue weighted by molar-refractivity contribution is 0.605. The van der Waals surface area contributed by atoms with Gasteiger partial charge in [-0.05, 0) is 71.6 Å². The van der Waals surface area contributed by atoms with E-state index < -0.39 is 0 Å². The standard InChI is InChI=1S/C16H20BrNS/c1-4-9-18-16(14-7-8-15(17)19-14)13-6-5-11(2)12(3)10-13/h5-8,10,16,18H,4,9H2,1-3H3. The van der Waals surface area contributed by atoms with Crippen molar-refractivity contribution in [1.29, 1.82) is 0 Å². The number of halogens is 1. The summed E-state index contributed by atoms with van der Waals surface area (Å²) in [6.45, 7) is 7.58. The minimum atomic E-state index is 0.301. The molecule has 0 radical (unpaired) electrons. The summed E-state index contributed by atoms with van der Waals surface area (Å²) in [7, 11) is 0. The Morgan fingerprint density at radius 1 is 1.16 bits per heavy atom. The Balaban J connectivity index is 2.33. The molecule has 0 aliphatic rings. The van der Waals surface area contributed by atoms with Crippen LogP contribution in [0.1, 0.15) is 41.0 Å². The van der Waals surface area contributed by atoms with Crippen molar-refractivity contribution in [1.82, 2.24) is 5.32 Å². The highest BCUT2D eigenvalue weighted by Gasteiger charge is 2.15. The van der Waals surface area contributed by atoms with E-state index in [1.807, 2.05) is 0 Å². The maximum Gasteiger partial charge on any atom is 0.0702 e. The molecule has 0 fully saturated rings. The van der Waals surface area contributed by atoms with Crippen molar-refractivity contribution in [2.24, 2.45) is 0 Å². The van der Waals surface area contributed by atoms with Gasteiger partial charge in [0.1, 0.15) is 0 Å². The van der Waals surface area contributed by atoms with Crippen LogP contribution in [0.25, 0.3) is 0 Å². The maximum atomic E-state index is 3.65. The zero-order valence-corrected chi connectivity index (χ0v) is 14.1. The van der Waals surface area contributed by atoms with Crippen LogP contribution in [0.2, 0.25) is 0 Å². The first-order chi connectivity index (χ1) is 9.11. The zero-order chi connectivity index (χ0) is 13.8. The van der Waals surface area contributed by atoms with Crippen LogP contribution in [-0.2, 0) is 0 Å². The van der Waals surface area contributed by atoms with Gasteiger partial charge in [-0.3, -0.25) is 0 Å². The van der Waals surface area contributed by atoms with E-state index in [9.17, 15) is 0 Å². The van der Waals surface area contributed by atoms with Crippen LogP contribution >= 0.6 is 27.3 Å². The number of nitrogens with one attached hydrogen (secondary N) is 1. The molecule has 0 amide bonds. The minimum absolute atomic E-state index is 0.301. The van der Waals surface area contributed by atoms with Gasteiger partial charge < -0.3 is 5.32 Å². The van der Waals surface area contributed by atoms with E-state index in [1.54, 1.807) is 11.3 Å². The van der Waals surface area contributed by atoms with Crippen molar-refractivity contribution in [2.45, 2.75) is 33.2 Å². The molecule has 19 heavy (non-hydrogen) atoms. The van der Waals surface area contributed by atoms with Crippen LogP contribution in [-0.4, -0.2) is 6.54 Å². The molecule has 1 N–H and O–H groups in total. The van der Waals surface area contributed by atoms with Crippen LogP contribution in [0.3, 0.4) is 0 Å². The average Bonchev–Trinajstić information content (AvgIpc) is 2.80. The molecule has 0 aliphatic carbocycles. The Hall–Kier alpha value is -0.640. The molecule has 1 unspecified atom stereocenters. The Morgan fingerprint density at radius 3 is 2.53 bits per heavy atom. The molecule has 1 aromatic heterocycles. The monoisotopic (exact) mass is 337 g/mol. The van der Waals surface area contributed by atoms with Crippen molar-refractivity contribution in [3.8, 4) is 0 Å². The van der Waals surface area contributed by atoms with Crippen LogP contribution in [0.15, 0.2) is 34.1 Å². The first kappa shape index (κ1) is 14.8. The van der Waals surface area contributed by atoms with Crippen molar-refractivity contribution in [3.63, 3.8) is 0 Å². The summed E-state index contributed by atoms with van der Waals surface area (Å²) in [5, 5.41) is 3.65. The highest BCUT2D eigenvalue weighted by molar-refractivity contribution is 9.11. The van der Waals surface area contributed by atoms with Gasteiger partial charge in [-0.25, -0.2) is 0 Å². The molecule has 0 aliphatic heterocycles. The van der Waals surface area contributed by atoms with Gasteiger partial charge in [0.15, 0.2) is 0 Å². The molecule has 0 bridgehead atoms. The van der Waals surface area contributed by atoms with E-state index in [4.69, 9.17) is 0 Å². The van der Waals surface area contributed by atoms with E-state index in [1.165, 1.54) is 25.4 Å². The highest BCUT2D eigenvalue weighted by atomic mass is 79.9. The van der Waals surface area contributed by atoms with Gasteiger partial charge in [0.05, 0.1) is 9.83 Å². The molecule has 2 aromatic rings. The fraction of sp³-hybridized carbons (Fsp3) is 0.375. The van der Waals surface area contributed by atoms with Gasteiger partial charge >= 0.3 is 0 Å². The van der Waals surface area contributed by atoms with Crippen LogP contribution < -0.4 is 5.32 Å². The molecule has 102 valence electrons. The van der Waals surface area contributed by atoms with E-state index in [-0.39, 0.29) is 0 Å². The molecule has 1 aromatic carbocycles. The molecular formula is C16H20BrNS. The molecule has 1 heterocycles.